The first-order valence-corrected chi connectivity index (χ1v) is 10.3. The molecular formula is C24H28N4O4. The molecule has 0 aliphatic rings. The molecule has 2 aromatic carbocycles. The van der Waals surface area contributed by atoms with Gasteiger partial charge >= 0.3 is 6.09 Å². The van der Waals surface area contributed by atoms with Crippen LogP contribution in [-0.2, 0) is 11.2 Å². The van der Waals surface area contributed by atoms with Gasteiger partial charge in [0.1, 0.15) is 23.1 Å². The van der Waals surface area contributed by atoms with Crippen LogP contribution in [0.2, 0.25) is 0 Å². The fraction of sp³-hybridized carbons (Fsp3) is 0.250. The average Bonchev–Trinajstić information content (AvgIpc) is 2.81. The van der Waals surface area contributed by atoms with Crippen LogP contribution in [0.1, 0.15) is 24.1 Å². The van der Waals surface area contributed by atoms with E-state index in [0.29, 0.717) is 17.9 Å². The second kappa shape index (κ2) is 10.9. The van der Waals surface area contributed by atoms with E-state index in [2.05, 4.69) is 15.6 Å². The van der Waals surface area contributed by atoms with Crippen molar-refractivity contribution in [2.45, 2.75) is 19.4 Å². The number of methoxy groups -OCH3 is 2. The van der Waals surface area contributed by atoms with Gasteiger partial charge in [0, 0.05) is 0 Å². The van der Waals surface area contributed by atoms with Gasteiger partial charge in [-0.3, -0.25) is 5.32 Å². The van der Waals surface area contributed by atoms with E-state index in [4.69, 9.17) is 19.9 Å². The summed E-state index contributed by atoms with van der Waals surface area (Å²) in [5, 5.41) is 6.03. The molecule has 8 nitrogen and oxygen atoms in total. The number of aromatic nitrogens is 1. The zero-order chi connectivity index (χ0) is 22.9. The number of nitrogen functional groups attached to an aromatic ring is 1. The molecule has 1 amide bonds. The molecule has 0 radical (unpaired) electrons. The number of rotatable bonds is 9. The number of anilines is 3. The third-order valence-electron chi connectivity index (χ3n) is 4.88. The maximum Gasteiger partial charge on any atom is 0.411 e. The fourth-order valence-electron chi connectivity index (χ4n) is 3.20. The van der Waals surface area contributed by atoms with Crippen molar-refractivity contribution in [1.29, 1.82) is 0 Å². The Morgan fingerprint density at radius 3 is 2.16 bits per heavy atom. The van der Waals surface area contributed by atoms with Crippen LogP contribution in [0.5, 0.6) is 11.5 Å². The van der Waals surface area contributed by atoms with Crippen LogP contribution in [0, 0.1) is 0 Å². The van der Waals surface area contributed by atoms with Gasteiger partial charge in [-0.1, -0.05) is 24.3 Å². The summed E-state index contributed by atoms with van der Waals surface area (Å²) in [6.07, 6.45) is 0.137. The van der Waals surface area contributed by atoms with Gasteiger partial charge < -0.3 is 25.3 Å². The molecule has 3 aromatic rings. The molecule has 0 spiro atoms. The van der Waals surface area contributed by atoms with E-state index in [0.717, 1.165) is 22.6 Å². The van der Waals surface area contributed by atoms with E-state index in [9.17, 15) is 4.79 Å². The molecule has 32 heavy (non-hydrogen) atoms. The van der Waals surface area contributed by atoms with Crippen molar-refractivity contribution in [2.24, 2.45) is 0 Å². The van der Waals surface area contributed by atoms with Crippen LogP contribution in [0.25, 0.3) is 0 Å². The summed E-state index contributed by atoms with van der Waals surface area (Å²) in [5.74, 6) is 2.38. The molecule has 0 aliphatic heterocycles. The molecule has 0 bridgehead atoms. The monoisotopic (exact) mass is 436 g/mol. The molecule has 168 valence electrons. The van der Waals surface area contributed by atoms with Crippen LogP contribution in [0.15, 0.2) is 60.7 Å². The Balaban J connectivity index is 1.82. The summed E-state index contributed by atoms with van der Waals surface area (Å²) >= 11 is 0. The van der Waals surface area contributed by atoms with E-state index in [1.54, 1.807) is 33.3 Å². The van der Waals surface area contributed by atoms with Crippen molar-refractivity contribution < 1.29 is 19.0 Å². The minimum atomic E-state index is -0.572. The number of nitrogens with one attached hydrogen (secondary N) is 2. The topological polar surface area (TPSA) is 108 Å². The lowest BCUT2D eigenvalue weighted by atomic mass is 9.98. The number of amides is 1. The number of carbonyl (C=O) groups is 1. The number of nitrogens with zero attached hydrogens (tertiary/aromatic N) is 1. The van der Waals surface area contributed by atoms with Crippen molar-refractivity contribution >= 4 is 23.4 Å². The maximum atomic E-state index is 11.7. The first-order valence-electron chi connectivity index (χ1n) is 10.3. The van der Waals surface area contributed by atoms with E-state index in [-0.39, 0.29) is 18.5 Å². The summed E-state index contributed by atoms with van der Waals surface area (Å²) < 4.78 is 15.4. The Kier molecular flexibility index (Phi) is 7.75. The second-order valence-electron chi connectivity index (χ2n) is 7.00. The number of benzene rings is 2. The van der Waals surface area contributed by atoms with E-state index in [1.165, 1.54) is 0 Å². The number of ether oxygens (including phenoxy) is 3. The van der Waals surface area contributed by atoms with Crippen LogP contribution < -0.4 is 25.8 Å². The fourth-order valence-corrected chi connectivity index (χ4v) is 3.20. The Morgan fingerprint density at radius 1 is 0.969 bits per heavy atom. The Hall–Kier alpha value is -3.94. The van der Waals surface area contributed by atoms with Crippen molar-refractivity contribution in [1.82, 2.24) is 4.98 Å². The highest BCUT2D eigenvalue weighted by Gasteiger charge is 2.15. The average molecular weight is 437 g/mol. The van der Waals surface area contributed by atoms with Crippen LogP contribution in [-0.4, -0.2) is 31.9 Å². The number of hydrogen-bond donors (Lipinski definition) is 3. The first kappa shape index (κ1) is 22.7. The van der Waals surface area contributed by atoms with Crippen LogP contribution >= 0.6 is 0 Å². The lowest BCUT2D eigenvalue weighted by molar-refractivity contribution is 0.168. The number of nitrogens with two attached hydrogens (primary N) is 1. The molecule has 0 aliphatic carbocycles. The first-order chi connectivity index (χ1) is 15.5. The summed E-state index contributed by atoms with van der Waals surface area (Å²) in [5.41, 5.74) is 8.64. The normalized spacial score (nSPS) is 11.3. The van der Waals surface area contributed by atoms with Gasteiger partial charge in [0.05, 0.1) is 32.6 Å². The largest absolute Gasteiger partial charge is 0.497 e. The predicted molar refractivity (Wildman–Crippen MR) is 125 cm³/mol. The SMILES string of the molecule is CCOC(=O)Nc1ccc(NC(Cc2ccc(OC)cc2)c2ccc(OC)cc2)nc1N. The lowest BCUT2D eigenvalue weighted by Crippen LogP contribution is -2.17. The summed E-state index contributed by atoms with van der Waals surface area (Å²) in [6, 6.07) is 19.2. The van der Waals surface area contributed by atoms with Crippen molar-refractivity contribution in [2.75, 3.05) is 37.2 Å². The van der Waals surface area contributed by atoms with Gasteiger partial charge in [0.25, 0.3) is 0 Å². The smallest absolute Gasteiger partial charge is 0.411 e. The molecular weight excluding hydrogens is 408 g/mol. The van der Waals surface area contributed by atoms with Crippen molar-refractivity contribution in [3.63, 3.8) is 0 Å². The maximum absolute atomic E-state index is 11.7. The van der Waals surface area contributed by atoms with Crippen molar-refractivity contribution in [3.05, 3.63) is 71.8 Å². The van der Waals surface area contributed by atoms with Crippen LogP contribution in [0.4, 0.5) is 22.1 Å². The Morgan fingerprint density at radius 2 is 1.59 bits per heavy atom. The molecule has 1 unspecified atom stereocenters. The lowest BCUT2D eigenvalue weighted by Gasteiger charge is -2.21. The van der Waals surface area contributed by atoms with E-state index in [1.807, 2.05) is 48.5 Å². The molecule has 0 fully saturated rings. The second-order valence-corrected chi connectivity index (χ2v) is 7.00. The zero-order valence-corrected chi connectivity index (χ0v) is 18.4. The van der Waals surface area contributed by atoms with Gasteiger partial charge in [-0.25, -0.2) is 9.78 Å². The van der Waals surface area contributed by atoms with Gasteiger partial charge in [-0.15, -0.1) is 0 Å². The summed E-state index contributed by atoms with van der Waals surface area (Å²) in [7, 11) is 3.29. The molecule has 8 heteroatoms. The minimum absolute atomic E-state index is 0.0786. The number of carbonyl (C=O) groups excluding carboxylic acids is 1. The molecule has 3 rings (SSSR count). The van der Waals surface area contributed by atoms with Crippen molar-refractivity contribution in [3.8, 4) is 11.5 Å². The highest BCUT2D eigenvalue weighted by molar-refractivity contribution is 5.88. The molecule has 0 saturated carbocycles. The zero-order valence-electron chi connectivity index (χ0n) is 18.4. The highest BCUT2D eigenvalue weighted by atomic mass is 16.5. The number of pyridine rings is 1. The Labute approximate surface area is 187 Å². The highest BCUT2D eigenvalue weighted by Crippen LogP contribution is 2.27. The predicted octanol–water partition coefficient (Wildman–Crippen LogP) is 4.65. The quantitative estimate of drug-likeness (QED) is 0.448. The molecule has 1 heterocycles. The molecule has 1 aromatic heterocycles. The summed E-state index contributed by atoms with van der Waals surface area (Å²) in [4.78, 5) is 16.1. The van der Waals surface area contributed by atoms with Gasteiger partial charge in [-0.2, -0.15) is 0 Å². The summed E-state index contributed by atoms with van der Waals surface area (Å²) in [6.45, 7) is 2.00. The Bertz CT molecular complexity index is 1020. The van der Waals surface area contributed by atoms with Crippen LogP contribution in [0.3, 0.4) is 0 Å². The standard InChI is InChI=1S/C24H28N4O4/c1-4-32-24(29)27-20-13-14-22(28-23(20)25)26-21(17-7-11-19(31-3)12-8-17)15-16-5-9-18(30-2)10-6-16/h5-14,21H,4,15H2,1-3H3,(H,27,29)(H3,25,26,28). The van der Waals surface area contributed by atoms with Gasteiger partial charge in [0.2, 0.25) is 0 Å². The molecule has 0 saturated heterocycles. The van der Waals surface area contributed by atoms with E-state index >= 15 is 0 Å². The number of hydrogen-bond acceptors (Lipinski definition) is 7. The molecule has 4 N–H and O–H groups in total. The third kappa shape index (κ3) is 6.04. The van der Waals surface area contributed by atoms with E-state index < -0.39 is 6.09 Å². The molecule has 1 atom stereocenters. The van der Waals surface area contributed by atoms with Gasteiger partial charge in [-0.05, 0) is 60.9 Å². The minimum Gasteiger partial charge on any atom is -0.497 e. The third-order valence-corrected chi connectivity index (χ3v) is 4.88. The van der Waals surface area contributed by atoms with Gasteiger partial charge in [0.15, 0.2) is 0 Å².